The van der Waals surface area contributed by atoms with Gasteiger partial charge in [0.15, 0.2) is 0 Å². The molecule has 0 saturated carbocycles. The van der Waals surface area contributed by atoms with Gasteiger partial charge < -0.3 is 10.0 Å². The Morgan fingerprint density at radius 1 is 1.19 bits per heavy atom. The highest BCUT2D eigenvalue weighted by Crippen LogP contribution is 2.20. The molecule has 2 rings (SSSR count). The SMILES string of the molecule is CN(CCc1ccccn1)CCC(O)c1cccc(Cl)c1. The second-order valence-corrected chi connectivity index (χ2v) is 5.67. The van der Waals surface area contributed by atoms with E-state index in [0.29, 0.717) is 11.4 Å². The van der Waals surface area contributed by atoms with Crippen molar-refractivity contribution in [2.24, 2.45) is 0 Å². The van der Waals surface area contributed by atoms with Gasteiger partial charge in [0.1, 0.15) is 0 Å². The van der Waals surface area contributed by atoms with Crippen LogP contribution in [0.25, 0.3) is 0 Å². The van der Waals surface area contributed by atoms with Crippen LogP contribution in [0.3, 0.4) is 0 Å². The molecule has 0 radical (unpaired) electrons. The first-order chi connectivity index (χ1) is 10.1. The van der Waals surface area contributed by atoms with E-state index in [1.807, 2.05) is 48.7 Å². The average Bonchev–Trinajstić information content (AvgIpc) is 2.51. The van der Waals surface area contributed by atoms with E-state index < -0.39 is 6.10 Å². The van der Waals surface area contributed by atoms with Crippen LogP contribution >= 0.6 is 11.6 Å². The quantitative estimate of drug-likeness (QED) is 0.852. The first-order valence-corrected chi connectivity index (χ1v) is 7.55. The van der Waals surface area contributed by atoms with Crippen LogP contribution in [0.4, 0.5) is 0 Å². The lowest BCUT2D eigenvalue weighted by molar-refractivity contribution is 0.149. The van der Waals surface area contributed by atoms with Crippen LogP contribution in [0.5, 0.6) is 0 Å². The number of hydrogen-bond donors (Lipinski definition) is 1. The summed E-state index contributed by atoms with van der Waals surface area (Å²) >= 11 is 5.94. The summed E-state index contributed by atoms with van der Waals surface area (Å²) in [5.41, 5.74) is 1.97. The zero-order valence-corrected chi connectivity index (χ0v) is 13.0. The summed E-state index contributed by atoms with van der Waals surface area (Å²) in [6.07, 6.45) is 2.96. The van der Waals surface area contributed by atoms with E-state index in [1.165, 1.54) is 0 Å². The van der Waals surface area contributed by atoms with E-state index in [4.69, 9.17) is 11.6 Å². The topological polar surface area (TPSA) is 36.4 Å². The van der Waals surface area contributed by atoms with Gasteiger partial charge in [0.2, 0.25) is 0 Å². The molecule has 1 aromatic heterocycles. The smallest absolute Gasteiger partial charge is 0.0802 e. The Morgan fingerprint density at radius 3 is 2.76 bits per heavy atom. The fourth-order valence-corrected chi connectivity index (χ4v) is 2.39. The molecule has 0 spiro atoms. The van der Waals surface area contributed by atoms with Gasteiger partial charge >= 0.3 is 0 Å². The third kappa shape index (κ3) is 5.46. The maximum Gasteiger partial charge on any atom is 0.0802 e. The highest BCUT2D eigenvalue weighted by atomic mass is 35.5. The maximum atomic E-state index is 10.2. The number of aromatic nitrogens is 1. The minimum absolute atomic E-state index is 0.471. The van der Waals surface area contributed by atoms with Crippen molar-refractivity contribution in [1.82, 2.24) is 9.88 Å². The Morgan fingerprint density at radius 2 is 2.05 bits per heavy atom. The minimum Gasteiger partial charge on any atom is -0.388 e. The molecule has 0 amide bonds. The molecule has 1 unspecified atom stereocenters. The molecule has 2 aromatic rings. The molecular formula is C17H21ClN2O. The molecule has 0 aliphatic heterocycles. The summed E-state index contributed by atoms with van der Waals surface area (Å²) in [7, 11) is 2.06. The molecule has 0 fully saturated rings. The van der Waals surface area contributed by atoms with Gasteiger partial charge in [-0.2, -0.15) is 0 Å². The fraction of sp³-hybridized carbons (Fsp3) is 0.353. The first kappa shape index (κ1) is 16.0. The molecule has 4 heteroatoms. The number of halogens is 1. The van der Waals surface area contributed by atoms with Crippen LogP contribution < -0.4 is 0 Å². The van der Waals surface area contributed by atoms with Crippen molar-refractivity contribution in [3.05, 3.63) is 64.9 Å². The van der Waals surface area contributed by atoms with Crippen molar-refractivity contribution in [2.45, 2.75) is 18.9 Å². The molecular weight excluding hydrogens is 284 g/mol. The Balaban J connectivity index is 1.74. The number of nitrogens with zero attached hydrogens (tertiary/aromatic N) is 2. The van der Waals surface area contributed by atoms with Gasteiger partial charge in [0.05, 0.1) is 6.10 Å². The van der Waals surface area contributed by atoms with Crippen LogP contribution in [0.15, 0.2) is 48.7 Å². The second-order valence-electron chi connectivity index (χ2n) is 5.23. The molecule has 1 aromatic carbocycles. The van der Waals surface area contributed by atoms with Gasteiger partial charge in [-0.25, -0.2) is 0 Å². The van der Waals surface area contributed by atoms with E-state index in [2.05, 4.69) is 16.9 Å². The Labute approximate surface area is 131 Å². The Hall–Kier alpha value is -1.42. The van der Waals surface area contributed by atoms with Crippen LogP contribution in [0, 0.1) is 0 Å². The van der Waals surface area contributed by atoms with Crippen LogP contribution in [-0.4, -0.2) is 35.1 Å². The summed E-state index contributed by atoms with van der Waals surface area (Å²) in [5.74, 6) is 0. The van der Waals surface area contributed by atoms with E-state index in [0.717, 1.165) is 30.8 Å². The van der Waals surface area contributed by atoms with Gasteiger partial charge in [-0.05, 0) is 43.3 Å². The van der Waals surface area contributed by atoms with Gasteiger partial charge in [-0.15, -0.1) is 0 Å². The summed E-state index contributed by atoms with van der Waals surface area (Å²) < 4.78 is 0. The summed E-state index contributed by atoms with van der Waals surface area (Å²) in [6.45, 7) is 1.76. The van der Waals surface area contributed by atoms with Crippen LogP contribution in [0.1, 0.15) is 23.8 Å². The van der Waals surface area contributed by atoms with Crippen molar-refractivity contribution >= 4 is 11.6 Å². The number of aliphatic hydroxyl groups excluding tert-OH is 1. The van der Waals surface area contributed by atoms with Crippen LogP contribution in [0.2, 0.25) is 5.02 Å². The van der Waals surface area contributed by atoms with Gasteiger partial charge in [-0.3, -0.25) is 4.98 Å². The molecule has 0 aliphatic rings. The Bertz CT molecular complexity index is 547. The fourth-order valence-electron chi connectivity index (χ4n) is 2.19. The van der Waals surface area contributed by atoms with E-state index in [9.17, 15) is 5.11 Å². The molecule has 1 N–H and O–H groups in total. The minimum atomic E-state index is -0.471. The number of pyridine rings is 1. The number of hydrogen-bond acceptors (Lipinski definition) is 3. The number of benzene rings is 1. The summed E-state index contributed by atoms with van der Waals surface area (Å²) in [5, 5.41) is 10.8. The number of aliphatic hydroxyl groups is 1. The molecule has 1 heterocycles. The standard InChI is InChI=1S/C17H21ClN2O/c1-20(11-8-16-7-2-3-10-19-16)12-9-17(21)14-5-4-6-15(18)13-14/h2-7,10,13,17,21H,8-9,11-12H2,1H3. The van der Waals surface area contributed by atoms with E-state index in [1.54, 1.807) is 0 Å². The first-order valence-electron chi connectivity index (χ1n) is 7.17. The zero-order valence-electron chi connectivity index (χ0n) is 12.2. The maximum absolute atomic E-state index is 10.2. The Kier molecular flexibility index (Phi) is 6.18. The third-order valence-corrected chi connectivity index (χ3v) is 3.73. The molecule has 1 atom stereocenters. The lowest BCUT2D eigenvalue weighted by atomic mass is 10.1. The monoisotopic (exact) mass is 304 g/mol. The molecule has 0 bridgehead atoms. The van der Waals surface area contributed by atoms with Crippen molar-refractivity contribution in [2.75, 3.05) is 20.1 Å². The molecule has 3 nitrogen and oxygen atoms in total. The predicted molar refractivity (Wildman–Crippen MR) is 86.5 cm³/mol. The average molecular weight is 305 g/mol. The molecule has 112 valence electrons. The third-order valence-electron chi connectivity index (χ3n) is 3.49. The molecule has 0 aliphatic carbocycles. The zero-order chi connectivity index (χ0) is 15.1. The normalized spacial score (nSPS) is 12.6. The van der Waals surface area contributed by atoms with E-state index >= 15 is 0 Å². The highest BCUT2D eigenvalue weighted by molar-refractivity contribution is 6.30. The summed E-state index contributed by atoms with van der Waals surface area (Å²) in [6, 6.07) is 13.4. The molecule has 21 heavy (non-hydrogen) atoms. The van der Waals surface area contributed by atoms with Gasteiger partial charge in [-0.1, -0.05) is 29.8 Å². The number of likely N-dealkylation sites (N-methyl/N-ethyl adjacent to an activating group) is 1. The summed E-state index contributed by atoms with van der Waals surface area (Å²) in [4.78, 5) is 6.52. The van der Waals surface area contributed by atoms with E-state index in [-0.39, 0.29) is 0 Å². The number of rotatable bonds is 7. The molecule has 0 saturated heterocycles. The van der Waals surface area contributed by atoms with Crippen molar-refractivity contribution < 1.29 is 5.11 Å². The van der Waals surface area contributed by atoms with Gasteiger partial charge in [0.25, 0.3) is 0 Å². The van der Waals surface area contributed by atoms with Crippen molar-refractivity contribution in [1.29, 1.82) is 0 Å². The van der Waals surface area contributed by atoms with Crippen LogP contribution in [-0.2, 0) is 6.42 Å². The lowest BCUT2D eigenvalue weighted by Crippen LogP contribution is -2.24. The van der Waals surface area contributed by atoms with Crippen molar-refractivity contribution in [3.8, 4) is 0 Å². The highest BCUT2D eigenvalue weighted by Gasteiger charge is 2.09. The largest absolute Gasteiger partial charge is 0.388 e. The van der Waals surface area contributed by atoms with Crippen molar-refractivity contribution in [3.63, 3.8) is 0 Å². The lowest BCUT2D eigenvalue weighted by Gasteiger charge is -2.19. The predicted octanol–water partition coefficient (Wildman–Crippen LogP) is 3.33. The second kappa shape index (κ2) is 8.13. The van der Waals surface area contributed by atoms with Gasteiger partial charge in [0, 0.05) is 36.4 Å².